The number of hydroxylamine groups is 2. The van der Waals surface area contributed by atoms with E-state index in [1.165, 1.54) is 23.9 Å². The molecule has 1 aliphatic carbocycles. The van der Waals surface area contributed by atoms with Crippen molar-refractivity contribution in [3.63, 3.8) is 0 Å². The molecule has 0 bridgehead atoms. The van der Waals surface area contributed by atoms with Gasteiger partial charge >= 0.3 is 5.69 Å². The van der Waals surface area contributed by atoms with Crippen molar-refractivity contribution in [3.05, 3.63) is 55.5 Å². The van der Waals surface area contributed by atoms with Crippen molar-refractivity contribution in [2.45, 2.75) is 55.3 Å². The molecule has 0 spiro atoms. The number of carbonyl (C=O) groups is 1. The fourth-order valence-electron chi connectivity index (χ4n) is 4.45. The molecule has 2 aromatic heterocycles. The number of H-pyrrole nitrogens is 1. The van der Waals surface area contributed by atoms with Gasteiger partial charge in [-0.1, -0.05) is 6.58 Å². The molecule has 2 aliphatic heterocycles. The molecule has 0 radical (unpaired) electrons. The predicted molar refractivity (Wildman–Crippen MR) is 115 cm³/mol. The van der Waals surface area contributed by atoms with E-state index in [9.17, 15) is 14.4 Å². The first-order valence-corrected chi connectivity index (χ1v) is 11.3. The molecular weight excluding hydrogens is 418 g/mol. The maximum absolute atomic E-state index is 13.6. The topological polar surface area (TPSA) is 102 Å². The average Bonchev–Trinajstić information content (AvgIpc) is 3.24. The summed E-state index contributed by atoms with van der Waals surface area (Å²) in [6, 6.07) is 0.0928. The second kappa shape index (κ2) is 7.23. The van der Waals surface area contributed by atoms with Crippen LogP contribution in [0.25, 0.3) is 0 Å². The van der Waals surface area contributed by atoms with Gasteiger partial charge in [0.15, 0.2) is 0 Å². The molecule has 4 heterocycles. The normalized spacial score (nSPS) is 22.9. The van der Waals surface area contributed by atoms with Crippen LogP contribution in [0.2, 0.25) is 0 Å². The lowest BCUT2D eigenvalue weighted by Crippen LogP contribution is -2.43. The number of fused-ring (bicyclic) bond motifs is 1. The molecule has 1 saturated heterocycles. The van der Waals surface area contributed by atoms with Gasteiger partial charge in [-0.25, -0.2) is 9.86 Å². The first-order chi connectivity index (χ1) is 14.8. The minimum atomic E-state index is -0.705. The third kappa shape index (κ3) is 3.20. The van der Waals surface area contributed by atoms with Gasteiger partial charge in [0.2, 0.25) is 0 Å². The molecular formula is C21H25N5O4S. The van der Waals surface area contributed by atoms with Gasteiger partial charge in [0, 0.05) is 24.0 Å². The van der Waals surface area contributed by atoms with E-state index in [4.69, 9.17) is 4.84 Å². The Balaban J connectivity index is 1.64. The maximum Gasteiger partial charge on any atom is 0.331 e. The summed E-state index contributed by atoms with van der Waals surface area (Å²) < 4.78 is 2.86. The first kappa shape index (κ1) is 20.3. The van der Waals surface area contributed by atoms with Gasteiger partial charge in [0.25, 0.3) is 11.5 Å². The number of hydrogen-bond donors (Lipinski definition) is 1. The van der Waals surface area contributed by atoms with Crippen LogP contribution in [0.4, 0.5) is 0 Å². The Morgan fingerprint density at radius 1 is 1.32 bits per heavy atom. The number of aromatic amines is 1. The highest BCUT2D eigenvalue weighted by atomic mass is 32.2. The molecule has 1 N–H and O–H groups in total. The fraction of sp³-hybridized carbons (Fsp3) is 0.524. The summed E-state index contributed by atoms with van der Waals surface area (Å²) in [5.74, 6) is -0.962. The van der Waals surface area contributed by atoms with Crippen molar-refractivity contribution < 1.29 is 9.63 Å². The van der Waals surface area contributed by atoms with Gasteiger partial charge in [0.1, 0.15) is 0 Å². The third-order valence-electron chi connectivity index (χ3n) is 6.32. The Bertz CT molecular complexity index is 1200. The van der Waals surface area contributed by atoms with E-state index in [1.807, 2.05) is 13.8 Å². The summed E-state index contributed by atoms with van der Waals surface area (Å²) in [6.07, 6.45) is 2.37. The average molecular weight is 444 g/mol. The molecule has 0 aromatic carbocycles. The van der Waals surface area contributed by atoms with Crippen LogP contribution in [0.15, 0.2) is 26.8 Å². The molecule has 1 amide bonds. The number of thioether (sulfide) groups is 1. The van der Waals surface area contributed by atoms with Gasteiger partial charge in [-0.3, -0.25) is 28.7 Å². The fourth-order valence-corrected chi connectivity index (χ4v) is 6.06. The summed E-state index contributed by atoms with van der Waals surface area (Å²) >= 11 is 1.46. The SMILES string of the molecule is C=C1CON(C(=O)C2c3c(n(C4CC4)c(=O)n(C)c3=O)SC2Cc2c(C)n[nH]c2C)C1. The lowest BCUT2D eigenvalue weighted by atomic mass is 9.92. The van der Waals surface area contributed by atoms with Gasteiger partial charge in [-0.2, -0.15) is 5.10 Å². The number of rotatable bonds is 4. The quantitative estimate of drug-likeness (QED) is 0.565. The standard InChI is InChI=1S/C21H25N5O4S/c1-10-8-25(30-9-10)19(28)16-15(7-14-11(2)22-23-12(14)3)31-20-17(16)18(27)24(4)21(29)26(20)13-5-6-13/h13,15-16H,1,5-9H2,2-4H3,(H,22,23). The van der Waals surface area contributed by atoms with Gasteiger partial charge < -0.3 is 0 Å². The zero-order chi connectivity index (χ0) is 22.0. The second-order valence-electron chi connectivity index (χ2n) is 8.62. The lowest BCUT2D eigenvalue weighted by molar-refractivity contribution is -0.170. The Morgan fingerprint density at radius 3 is 2.65 bits per heavy atom. The minimum Gasteiger partial charge on any atom is -0.285 e. The molecule has 164 valence electrons. The summed E-state index contributed by atoms with van der Waals surface area (Å²) in [5.41, 5.74) is 3.36. The van der Waals surface area contributed by atoms with E-state index >= 15 is 0 Å². The summed E-state index contributed by atoms with van der Waals surface area (Å²) in [6.45, 7) is 8.39. The Hall–Kier alpha value is -2.59. The molecule has 10 heteroatoms. The Kier molecular flexibility index (Phi) is 4.74. The van der Waals surface area contributed by atoms with Crippen molar-refractivity contribution in [2.24, 2.45) is 7.05 Å². The Labute approximate surface area is 183 Å². The Morgan fingerprint density at radius 2 is 2.06 bits per heavy atom. The van der Waals surface area contributed by atoms with Crippen LogP contribution >= 0.6 is 11.8 Å². The zero-order valence-electron chi connectivity index (χ0n) is 17.8. The van der Waals surface area contributed by atoms with E-state index < -0.39 is 11.5 Å². The third-order valence-corrected chi connectivity index (χ3v) is 7.71. The molecule has 2 aromatic rings. The van der Waals surface area contributed by atoms with Crippen LogP contribution in [-0.4, -0.2) is 48.7 Å². The van der Waals surface area contributed by atoms with Crippen molar-refractivity contribution >= 4 is 17.7 Å². The van der Waals surface area contributed by atoms with E-state index in [0.29, 0.717) is 30.2 Å². The van der Waals surface area contributed by atoms with Crippen molar-refractivity contribution in [3.8, 4) is 0 Å². The number of aryl methyl sites for hydroxylation is 2. The largest absolute Gasteiger partial charge is 0.331 e. The molecule has 2 atom stereocenters. The summed E-state index contributed by atoms with van der Waals surface area (Å²) in [4.78, 5) is 45.3. The van der Waals surface area contributed by atoms with Gasteiger partial charge in [-0.15, -0.1) is 11.8 Å². The van der Waals surface area contributed by atoms with E-state index in [2.05, 4.69) is 16.8 Å². The smallest absolute Gasteiger partial charge is 0.285 e. The van der Waals surface area contributed by atoms with Crippen LogP contribution in [0.1, 0.15) is 47.3 Å². The zero-order valence-corrected chi connectivity index (χ0v) is 18.6. The monoisotopic (exact) mass is 443 g/mol. The van der Waals surface area contributed by atoms with Crippen LogP contribution in [0.5, 0.6) is 0 Å². The van der Waals surface area contributed by atoms with Crippen molar-refractivity contribution in [1.82, 2.24) is 24.4 Å². The maximum atomic E-state index is 13.6. The summed E-state index contributed by atoms with van der Waals surface area (Å²) in [5, 5.41) is 8.98. The number of aromatic nitrogens is 4. The van der Waals surface area contributed by atoms with E-state index in [-0.39, 0.29) is 22.9 Å². The van der Waals surface area contributed by atoms with Crippen LogP contribution in [-0.2, 0) is 23.1 Å². The number of amides is 1. The summed E-state index contributed by atoms with van der Waals surface area (Å²) in [7, 11) is 1.49. The highest BCUT2D eigenvalue weighted by molar-refractivity contribution is 8.00. The number of hydrogen-bond acceptors (Lipinski definition) is 6. The number of nitrogens with zero attached hydrogens (tertiary/aromatic N) is 4. The lowest BCUT2D eigenvalue weighted by Gasteiger charge is -2.23. The molecule has 3 aliphatic rings. The van der Waals surface area contributed by atoms with Crippen LogP contribution in [0, 0.1) is 13.8 Å². The van der Waals surface area contributed by atoms with Crippen molar-refractivity contribution in [1.29, 1.82) is 0 Å². The second-order valence-corrected chi connectivity index (χ2v) is 9.84. The molecule has 9 nitrogen and oxygen atoms in total. The van der Waals surface area contributed by atoms with Crippen molar-refractivity contribution in [2.75, 3.05) is 13.2 Å². The highest BCUT2D eigenvalue weighted by Crippen LogP contribution is 2.49. The molecule has 2 fully saturated rings. The predicted octanol–water partition coefficient (Wildman–Crippen LogP) is 1.35. The number of nitrogens with one attached hydrogen (secondary N) is 1. The molecule has 2 unspecified atom stereocenters. The molecule has 1 saturated carbocycles. The molecule has 31 heavy (non-hydrogen) atoms. The van der Waals surface area contributed by atoms with E-state index in [1.54, 1.807) is 4.57 Å². The van der Waals surface area contributed by atoms with E-state index in [0.717, 1.165) is 39.9 Å². The minimum absolute atomic E-state index is 0.0928. The van der Waals surface area contributed by atoms with Crippen LogP contribution < -0.4 is 11.2 Å². The van der Waals surface area contributed by atoms with Crippen LogP contribution in [0.3, 0.4) is 0 Å². The first-order valence-electron chi connectivity index (χ1n) is 10.4. The highest BCUT2D eigenvalue weighted by Gasteiger charge is 2.47. The molecule has 5 rings (SSSR count). The number of carbonyl (C=O) groups excluding carboxylic acids is 1. The van der Waals surface area contributed by atoms with Gasteiger partial charge in [-0.05, 0) is 44.2 Å². The van der Waals surface area contributed by atoms with Gasteiger partial charge in [0.05, 0.1) is 35.4 Å².